The summed E-state index contributed by atoms with van der Waals surface area (Å²) in [6, 6.07) is 8.45. The second-order valence-electron chi connectivity index (χ2n) is 5.31. The number of nitrogens with one attached hydrogen (secondary N) is 1. The zero-order chi connectivity index (χ0) is 13.7. The Hall–Kier alpha value is -1.55. The predicted molar refractivity (Wildman–Crippen MR) is 76.6 cm³/mol. The molecule has 0 saturated heterocycles. The third kappa shape index (κ3) is 3.96. The number of hydrogen-bond donors (Lipinski definition) is 2. The third-order valence-corrected chi connectivity index (χ3v) is 3.68. The fourth-order valence-corrected chi connectivity index (χ4v) is 2.56. The maximum atomic E-state index is 12.0. The smallest absolute Gasteiger partial charge is 0.317 e. The standard InChI is InChI=1S/C15H23N3O/c1-18(15(19)17-14-7-2-3-8-14)11-13-6-4-5-12(9-13)10-16/h4-6,9,14H,2-3,7-8,10-11,16H2,1H3,(H,17,19). The molecule has 0 unspecified atom stereocenters. The van der Waals surface area contributed by atoms with Crippen LogP contribution in [0.3, 0.4) is 0 Å². The van der Waals surface area contributed by atoms with Crippen molar-refractivity contribution in [3.8, 4) is 0 Å². The first-order chi connectivity index (χ1) is 9.19. The lowest BCUT2D eigenvalue weighted by atomic mass is 10.1. The molecule has 0 radical (unpaired) electrons. The first-order valence-corrected chi connectivity index (χ1v) is 6.98. The van der Waals surface area contributed by atoms with Gasteiger partial charge in [-0.2, -0.15) is 0 Å². The van der Waals surface area contributed by atoms with E-state index in [0.717, 1.165) is 24.0 Å². The van der Waals surface area contributed by atoms with Crippen LogP contribution >= 0.6 is 0 Å². The number of benzene rings is 1. The largest absolute Gasteiger partial charge is 0.335 e. The molecule has 1 aromatic rings. The van der Waals surface area contributed by atoms with Crippen molar-refractivity contribution in [2.75, 3.05) is 7.05 Å². The van der Waals surface area contributed by atoms with Gasteiger partial charge in [-0.15, -0.1) is 0 Å². The van der Waals surface area contributed by atoms with E-state index in [4.69, 9.17) is 5.73 Å². The van der Waals surface area contributed by atoms with Gasteiger partial charge in [0.15, 0.2) is 0 Å². The first-order valence-electron chi connectivity index (χ1n) is 6.98. The number of nitrogens with two attached hydrogens (primary N) is 1. The van der Waals surface area contributed by atoms with Gasteiger partial charge in [-0.25, -0.2) is 4.79 Å². The van der Waals surface area contributed by atoms with E-state index in [1.54, 1.807) is 4.90 Å². The van der Waals surface area contributed by atoms with Gasteiger partial charge >= 0.3 is 6.03 Å². The molecule has 1 fully saturated rings. The third-order valence-electron chi connectivity index (χ3n) is 3.68. The normalized spacial score (nSPS) is 15.5. The van der Waals surface area contributed by atoms with Crippen molar-refractivity contribution in [1.29, 1.82) is 0 Å². The van der Waals surface area contributed by atoms with E-state index in [-0.39, 0.29) is 6.03 Å². The van der Waals surface area contributed by atoms with Gasteiger partial charge in [0.25, 0.3) is 0 Å². The van der Waals surface area contributed by atoms with Crippen LogP contribution < -0.4 is 11.1 Å². The summed E-state index contributed by atoms with van der Waals surface area (Å²) in [5.74, 6) is 0. The molecule has 0 bridgehead atoms. The molecule has 4 heteroatoms. The van der Waals surface area contributed by atoms with Gasteiger partial charge in [0.1, 0.15) is 0 Å². The molecule has 0 aliphatic heterocycles. The number of nitrogens with zero attached hydrogens (tertiary/aromatic N) is 1. The molecule has 1 saturated carbocycles. The van der Waals surface area contributed by atoms with Gasteiger partial charge in [-0.3, -0.25) is 0 Å². The van der Waals surface area contributed by atoms with Crippen molar-refractivity contribution in [3.63, 3.8) is 0 Å². The average molecular weight is 261 g/mol. The van der Waals surface area contributed by atoms with Crippen LogP contribution in [0.2, 0.25) is 0 Å². The van der Waals surface area contributed by atoms with Crippen LogP contribution in [-0.4, -0.2) is 24.0 Å². The number of carbonyl (C=O) groups is 1. The van der Waals surface area contributed by atoms with E-state index in [2.05, 4.69) is 11.4 Å². The van der Waals surface area contributed by atoms with Gasteiger partial charge in [-0.1, -0.05) is 37.1 Å². The molecule has 3 N–H and O–H groups in total. The van der Waals surface area contributed by atoms with Crippen molar-refractivity contribution in [2.24, 2.45) is 5.73 Å². The van der Waals surface area contributed by atoms with Crippen molar-refractivity contribution in [1.82, 2.24) is 10.2 Å². The first kappa shape index (κ1) is 13.9. The minimum atomic E-state index is 0.0186. The van der Waals surface area contributed by atoms with Gasteiger partial charge in [0, 0.05) is 26.2 Å². The number of rotatable bonds is 4. The van der Waals surface area contributed by atoms with E-state index in [1.807, 2.05) is 25.2 Å². The zero-order valence-electron chi connectivity index (χ0n) is 11.6. The highest BCUT2D eigenvalue weighted by Gasteiger charge is 2.19. The number of amides is 2. The number of hydrogen-bond acceptors (Lipinski definition) is 2. The van der Waals surface area contributed by atoms with Crippen molar-refractivity contribution in [3.05, 3.63) is 35.4 Å². The van der Waals surface area contributed by atoms with Crippen molar-refractivity contribution < 1.29 is 4.79 Å². The lowest BCUT2D eigenvalue weighted by Gasteiger charge is -2.21. The van der Waals surface area contributed by atoms with Crippen LogP contribution in [0.25, 0.3) is 0 Å². The highest BCUT2D eigenvalue weighted by molar-refractivity contribution is 5.74. The Kier molecular flexibility index (Phi) is 4.80. The number of urea groups is 1. The minimum Gasteiger partial charge on any atom is -0.335 e. The Morgan fingerprint density at radius 3 is 2.74 bits per heavy atom. The quantitative estimate of drug-likeness (QED) is 0.873. The highest BCUT2D eigenvalue weighted by atomic mass is 16.2. The molecule has 0 spiro atoms. The van der Waals surface area contributed by atoms with Crippen LogP contribution in [0, 0.1) is 0 Å². The molecule has 1 aliphatic carbocycles. The Bertz CT molecular complexity index is 427. The van der Waals surface area contributed by atoms with Gasteiger partial charge < -0.3 is 16.0 Å². The van der Waals surface area contributed by atoms with Gasteiger partial charge in [0.05, 0.1) is 0 Å². The molecule has 0 heterocycles. The molecule has 0 atom stereocenters. The number of carbonyl (C=O) groups excluding carboxylic acids is 1. The highest BCUT2D eigenvalue weighted by Crippen LogP contribution is 2.18. The van der Waals surface area contributed by atoms with Crippen LogP contribution in [0.15, 0.2) is 24.3 Å². The average Bonchev–Trinajstić information content (AvgIpc) is 2.91. The summed E-state index contributed by atoms with van der Waals surface area (Å²) in [7, 11) is 1.83. The molecular formula is C15H23N3O. The van der Waals surface area contributed by atoms with Crippen LogP contribution in [-0.2, 0) is 13.1 Å². The van der Waals surface area contributed by atoms with E-state index >= 15 is 0 Å². The fourth-order valence-electron chi connectivity index (χ4n) is 2.56. The Morgan fingerprint density at radius 2 is 2.05 bits per heavy atom. The van der Waals surface area contributed by atoms with Crippen molar-refractivity contribution >= 4 is 6.03 Å². The molecule has 19 heavy (non-hydrogen) atoms. The van der Waals surface area contributed by atoms with Gasteiger partial charge in [0.2, 0.25) is 0 Å². The molecule has 0 aromatic heterocycles. The monoisotopic (exact) mass is 261 g/mol. The maximum Gasteiger partial charge on any atom is 0.317 e. The Labute approximate surface area is 115 Å². The van der Waals surface area contributed by atoms with E-state index in [0.29, 0.717) is 19.1 Å². The summed E-state index contributed by atoms with van der Waals surface area (Å²) >= 11 is 0. The molecule has 2 amide bonds. The van der Waals surface area contributed by atoms with Gasteiger partial charge in [-0.05, 0) is 24.0 Å². The topological polar surface area (TPSA) is 58.4 Å². The summed E-state index contributed by atoms with van der Waals surface area (Å²) in [5.41, 5.74) is 7.84. The lowest BCUT2D eigenvalue weighted by molar-refractivity contribution is 0.202. The molecular weight excluding hydrogens is 238 g/mol. The van der Waals surface area contributed by atoms with Crippen LogP contribution in [0.1, 0.15) is 36.8 Å². The molecule has 2 rings (SSSR count). The molecule has 1 aliphatic rings. The SMILES string of the molecule is CN(Cc1cccc(CN)c1)C(=O)NC1CCCC1. The van der Waals surface area contributed by atoms with Crippen LogP contribution in [0.5, 0.6) is 0 Å². The zero-order valence-corrected chi connectivity index (χ0v) is 11.6. The lowest BCUT2D eigenvalue weighted by Crippen LogP contribution is -2.41. The molecule has 4 nitrogen and oxygen atoms in total. The molecule has 1 aromatic carbocycles. The maximum absolute atomic E-state index is 12.0. The summed E-state index contributed by atoms with van der Waals surface area (Å²) < 4.78 is 0. The van der Waals surface area contributed by atoms with E-state index < -0.39 is 0 Å². The summed E-state index contributed by atoms with van der Waals surface area (Å²) in [5, 5.41) is 3.09. The Balaban J connectivity index is 1.88. The fraction of sp³-hybridized carbons (Fsp3) is 0.533. The van der Waals surface area contributed by atoms with Crippen LogP contribution in [0.4, 0.5) is 4.79 Å². The molecule has 104 valence electrons. The minimum absolute atomic E-state index is 0.0186. The summed E-state index contributed by atoms with van der Waals surface area (Å²) in [4.78, 5) is 13.8. The summed E-state index contributed by atoms with van der Waals surface area (Å²) in [6.07, 6.45) is 4.69. The Morgan fingerprint density at radius 1 is 1.37 bits per heavy atom. The second kappa shape index (κ2) is 6.57. The predicted octanol–water partition coefficient (Wildman–Crippen LogP) is 2.23. The second-order valence-corrected chi connectivity index (χ2v) is 5.31. The van der Waals surface area contributed by atoms with E-state index in [9.17, 15) is 4.79 Å². The summed E-state index contributed by atoms with van der Waals surface area (Å²) in [6.45, 7) is 1.15. The van der Waals surface area contributed by atoms with E-state index in [1.165, 1.54) is 12.8 Å². The van der Waals surface area contributed by atoms with Crippen molar-refractivity contribution in [2.45, 2.75) is 44.8 Å².